The molecule has 1 amide bonds. The molecule has 2 fully saturated rings. The van der Waals surface area contributed by atoms with Gasteiger partial charge in [-0.25, -0.2) is 13.2 Å². The Kier molecular flexibility index (Phi) is 7.27. The molecule has 0 aliphatic carbocycles. The van der Waals surface area contributed by atoms with Gasteiger partial charge in [0.15, 0.2) is 0 Å². The minimum absolute atomic E-state index is 0.0160. The predicted molar refractivity (Wildman–Crippen MR) is 114 cm³/mol. The first-order valence-corrected chi connectivity index (χ1v) is 11.7. The lowest BCUT2D eigenvalue weighted by Gasteiger charge is -2.40. The fraction of sp³-hybridized carbons (Fsp3) is 0.524. The van der Waals surface area contributed by atoms with Crippen LogP contribution in [0.3, 0.4) is 0 Å². The molecule has 2 aliphatic heterocycles. The lowest BCUT2D eigenvalue weighted by Crippen LogP contribution is -2.55. The minimum atomic E-state index is -4.17. The summed E-state index contributed by atoms with van der Waals surface area (Å²) >= 11 is 6.11. The van der Waals surface area contributed by atoms with Gasteiger partial charge in [0.05, 0.1) is 30.7 Å². The number of carbonyl (C=O) groups is 2. The Morgan fingerprint density at radius 1 is 1.29 bits per heavy atom. The summed E-state index contributed by atoms with van der Waals surface area (Å²) in [7, 11) is -1.43. The van der Waals surface area contributed by atoms with Crippen molar-refractivity contribution in [2.45, 2.75) is 36.2 Å². The first-order valence-electron chi connectivity index (χ1n) is 9.88. The first kappa shape index (κ1) is 23.5. The molecule has 0 saturated carbocycles. The number of rotatable bonds is 6. The molecule has 2 aliphatic rings. The zero-order chi connectivity index (χ0) is 22.8. The van der Waals surface area contributed by atoms with E-state index in [9.17, 15) is 18.0 Å². The highest BCUT2D eigenvalue weighted by atomic mass is 35.5. The second-order valence-electron chi connectivity index (χ2n) is 7.65. The number of halogens is 1. The number of esters is 1. The number of sulfonamides is 1. The van der Waals surface area contributed by atoms with E-state index in [1.54, 1.807) is 0 Å². The van der Waals surface area contributed by atoms with Crippen LogP contribution in [0.25, 0.3) is 0 Å². The Labute approximate surface area is 187 Å². The Bertz CT molecular complexity index is 1010. The van der Waals surface area contributed by atoms with Gasteiger partial charge in [-0.2, -0.15) is 4.31 Å². The van der Waals surface area contributed by atoms with E-state index < -0.39 is 28.1 Å². The van der Waals surface area contributed by atoms with E-state index >= 15 is 0 Å². The molecule has 168 valence electrons. The predicted octanol–water partition coefficient (Wildman–Crippen LogP) is 1.78. The van der Waals surface area contributed by atoms with Gasteiger partial charge in [-0.3, -0.25) is 4.79 Å². The van der Waals surface area contributed by atoms with Gasteiger partial charge < -0.3 is 14.4 Å². The van der Waals surface area contributed by atoms with Crippen molar-refractivity contribution in [3.63, 3.8) is 0 Å². The first-order chi connectivity index (χ1) is 14.7. The number of amides is 1. The normalized spacial score (nSPS) is 24.4. The number of hydrogen-bond acceptors (Lipinski definition) is 6. The molecular formula is C21H25ClN2O6S. The average Bonchev–Trinajstić information content (AvgIpc) is 2.81. The van der Waals surface area contributed by atoms with E-state index in [-0.39, 0.29) is 40.5 Å². The maximum Gasteiger partial charge on any atom is 0.337 e. The Morgan fingerprint density at radius 2 is 2.03 bits per heavy atom. The third-order valence-electron chi connectivity index (χ3n) is 5.74. The Balaban J connectivity index is 2.12. The van der Waals surface area contributed by atoms with Crippen LogP contribution in [0.15, 0.2) is 23.1 Å². The maximum atomic E-state index is 13.8. The quantitative estimate of drug-likeness (QED) is 0.466. The van der Waals surface area contributed by atoms with Gasteiger partial charge in [-0.15, -0.1) is 6.42 Å². The van der Waals surface area contributed by atoms with Crippen molar-refractivity contribution < 1.29 is 27.5 Å². The highest BCUT2D eigenvalue weighted by Gasteiger charge is 2.50. The number of fused-ring (bicyclic) bond motifs is 2. The van der Waals surface area contributed by atoms with Crippen LogP contribution in [0.5, 0.6) is 0 Å². The molecule has 0 spiro atoms. The summed E-state index contributed by atoms with van der Waals surface area (Å²) < 4.78 is 38.9. The van der Waals surface area contributed by atoms with Crippen LogP contribution in [-0.4, -0.2) is 75.5 Å². The van der Waals surface area contributed by atoms with Crippen LogP contribution in [-0.2, 0) is 24.3 Å². The van der Waals surface area contributed by atoms with Gasteiger partial charge >= 0.3 is 5.97 Å². The van der Waals surface area contributed by atoms with E-state index in [2.05, 4.69) is 5.92 Å². The monoisotopic (exact) mass is 468 g/mol. The van der Waals surface area contributed by atoms with Crippen LogP contribution in [0.4, 0.5) is 0 Å². The van der Waals surface area contributed by atoms with Crippen molar-refractivity contribution in [2.75, 3.05) is 33.9 Å². The molecule has 0 aromatic heterocycles. The van der Waals surface area contributed by atoms with Crippen molar-refractivity contribution in [1.29, 1.82) is 0 Å². The molecular weight excluding hydrogens is 444 g/mol. The number of terminal acetylenes is 1. The largest absolute Gasteiger partial charge is 0.465 e. The number of carbonyl (C=O) groups excluding carboxylic acids is 2. The molecule has 1 aromatic carbocycles. The van der Waals surface area contributed by atoms with Gasteiger partial charge in [0.1, 0.15) is 6.04 Å². The summed E-state index contributed by atoms with van der Waals surface area (Å²) in [4.78, 5) is 26.6. The highest BCUT2D eigenvalue weighted by Crippen LogP contribution is 2.37. The summed E-state index contributed by atoms with van der Waals surface area (Å²) in [6, 6.07) is 2.51. The van der Waals surface area contributed by atoms with E-state index in [4.69, 9.17) is 27.5 Å². The zero-order valence-electron chi connectivity index (χ0n) is 17.4. The Morgan fingerprint density at radius 3 is 2.68 bits per heavy atom. The number of ether oxygens (including phenoxy) is 2. The molecule has 3 rings (SSSR count). The van der Waals surface area contributed by atoms with Gasteiger partial charge in [-0.05, 0) is 37.5 Å². The van der Waals surface area contributed by atoms with Crippen molar-refractivity contribution in [3.05, 3.63) is 28.8 Å². The molecule has 0 unspecified atom stereocenters. The second kappa shape index (κ2) is 9.57. The molecule has 2 bridgehead atoms. The van der Waals surface area contributed by atoms with Gasteiger partial charge in [-0.1, -0.05) is 17.5 Å². The average molecular weight is 469 g/mol. The number of hydrogen-bond donors (Lipinski definition) is 0. The lowest BCUT2D eigenvalue weighted by molar-refractivity contribution is -0.134. The van der Waals surface area contributed by atoms with Crippen LogP contribution < -0.4 is 0 Å². The van der Waals surface area contributed by atoms with E-state index in [0.29, 0.717) is 25.8 Å². The van der Waals surface area contributed by atoms with Crippen molar-refractivity contribution in [2.24, 2.45) is 5.92 Å². The fourth-order valence-corrected chi connectivity index (χ4v) is 6.69. The molecule has 3 atom stereocenters. The van der Waals surface area contributed by atoms with Crippen molar-refractivity contribution in [3.8, 4) is 12.3 Å². The number of piperidine rings is 1. The number of methoxy groups -OCH3 is 2. The highest BCUT2D eigenvalue weighted by molar-refractivity contribution is 7.89. The molecule has 0 N–H and O–H groups in total. The van der Waals surface area contributed by atoms with Crippen LogP contribution in [0.1, 0.15) is 29.6 Å². The summed E-state index contributed by atoms with van der Waals surface area (Å²) in [6.45, 7) is 0.688. The van der Waals surface area contributed by atoms with Crippen molar-refractivity contribution >= 4 is 33.5 Å². The van der Waals surface area contributed by atoms with Crippen molar-refractivity contribution in [1.82, 2.24) is 9.21 Å². The summed E-state index contributed by atoms with van der Waals surface area (Å²) in [5.41, 5.74) is 0.0160. The van der Waals surface area contributed by atoms with Gasteiger partial charge in [0.2, 0.25) is 15.9 Å². The molecule has 2 heterocycles. The lowest BCUT2D eigenvalue weighted by atomic mass is 9.91. The Hall–Kier alpha value is -2.12. The molecule has 1 aromatic rings. The summed E-state index contributed by atoms with van der Waals surface area (Å²) in [6.07, 6.45) is 7.14. The maximum absolute atomic E-state index is 13.8. The third-order valence-corrected chi connectivity index (χ3v) is 7.87. The van der Waals surface area contributed by atoms with Crippen LogP contribution in [0, 0.1) is 18.3 Å². The summed E-state index contributed by atoms with van der Waals surface area (Å²) in [5.74, 6) is 1.21. The number of benzene rings is 1. The van der Waals surface area contributed by atoms with Crippen LogP contribution in [0.2, 0.25) is 5.02 Å². The third kappa shape index (κ3) is 4.58. The number of nitrogens with zero attached hydrogens (tertiary/aromatic N) is 2. The smallest absolute Gasteiger partial charge is 0.337 e. The second-order valence-corrected chi connectivity index (χ2v) is 9.93. The van der Waals surface area contributed by atoms with Gasteiger partial charge in [0, 0.05) is 30.6 Å². The topological polar surface area (TPSA) is 93.2 Å². The molecule has 2 saturated heterocycles. The summed E-state index contributed by atoms with van der Waals surface area (Å²) in [5, 5.41) is 0.0789. The van der Waals surface area contributed by atoms with E-state index in [0.717, 1.165) is 0 Å². The van der Waals surface area contributed by atoms with Gasteiger partial charge in [0.25, 0.3) is 0 Å². The van der Waals surface area contributed by atoms with Crippen LogP contribution >= 0.6 is 11.6 Å². The SMILES string of the molecule is C#CCN1C[C@H](COC)[C@H]2CCC[C@@H](C1=O)N2S(=O)(=O)c1cc(Cl)cc(C(=O)OC)c1. The fourth-order valence-electron chi connectivity index (χ4n) is 4.43. The van der Waals surface area contributed by atoms with E-state index in [1.807, 2.05) is 0 Å². The zero-order valence-corrected chi connectivity index (χ0v) is 19.0. The minimum Gasteiger partial charge on any atom is -0.465 e. The molecule has 31 heavy (non-hydrogen) atoms. The molecule has 10 heteroatoms. The standard InChI is InChI=1S/C21H25ClN2O6S/c1-4-8-23-12-15(13-29-2)18-6-5-7-19(20(23)25)24(18)31(27,28)17-10-14(21(26)30-3)9-16(22)11-17/h1,9-11,15,18-19H,5-8,12-13H2,2-3H3/t15-,18-,19+/m1/s1. The molecule has 0 radical (unpaired) electrons. The van der Waals surface area contributed by atoms with E-state index in [1.165, 1.54) is 41.6 Å². The molecule has 8 nitrogen and oxygen atoms in total.